The van der Waals surface area contributed by atoms with Crippen molar-refractivity contribution in [3.63, 3.8) is 0 Å². The number of aliphatic imine (C=N–C) groups is 1. The molecule has 6 nitrogen and oxygen atoms in total. The number of methoxy groups -OCH3 is 1. The molecule has 0 aromatic heterocycles. The van der Waals surface area contributed by atoms with Crippen LogP contribution in [0.25, 0.3) is 0 Å². The van der Waals surface area contributed by atoms with Gasteiger partial charge in [0.1, 0.15) is 5.75 Å². The largest absolute Gasteiger partial charge is 0.495 e. The molecule has 1 aliphatic heterocycles. The van der Waals surface area contributed by atoms with Gasteiger partial charge in [0, 0.05) is 18.2 Å². The molecule has 0 aliphatic carbocycles. The third kappa shape index (κ3) is 4.27. The molecule has 7 heteroatoms. The highest BCUT2D eigenvalue weighted by Crippen LogP contribution is 2.27. The van der Waals surface area contributed by atoms with Crippen LogP contribution in [-0.4, -0.2) is 37.1 Å². The van der Waals surface area contributed by atoms with Gasteiger partial charge >= 0.3 is 0 Å². The summed E-state index contributed by atoms with van der Waals surface area (Å²) in [7, 11) is 3.34. The lowest BCUT2D eigenvalue weighted by molar-refractivity contribution is -0.119. The van der Waals surface area contributed by atoms with Crippen molar-refractivity contribution in [3.05, 3.63) is 90.0 Å². The van der Waals surface area contributed by atoms with Crippen molar-refractivity contribution in [1.29, 1.82) is 0 Å². The van der Waals surface area contributed by atoms with Crippen molar-refractivity contribution in [1.82, 2.24) is 5.32 Å². The Kier molecular flexibility index (Phi) is 5.95. The number of hydrogen-bond acceptors (Lipinski definition) is 4. The summed E-state index contributed by atoms with van der Waals surface area (Å²) in [6.45, 7) is 0. The maximum atomic E-state index is 13.2. The van der Waals surface area contributed by atoms with E-state index in [1.165, 1.54) is 0 Å². The van der Waals surface area contributed by atoms with Gasteiger partial charge in [-0.25, -0.2) is 4.99 Å². The molecule has 1 atom stereocenters. The number of benzene rings is 3. The SMILES string of the molecule is COc1ccccc1NC(=S)NC1N=C(c2ccccc2)c2ccccc2N(C)C1=O. The first kappa shape index (κ1) is 20.6. The number of nitrogens with zero attached hydrogens (tertiary/aromatic N) is 2. The fourth-order valence-corrected chi connectivity index (χ4v) is 3.69. The van der Waals surface area contributed by atoms with Crippen LogP contribution >= 0.6 is 12.2 Å². The van der Waals surface area contributed by atoms with Crippen LogP contribution in [0.15, 0.2) is 83.9 Å². The van der Waals surface area contributed by atoms with Gasteiger partial charge in [-0.05, 0) is 30.4 Å². The molecular weight excluding hydrogens is 408 g/mol. The van der Waals surface area contributed by atoms with Crippen molar-refractivity contribution in [3.8, 4) is 5.75 Å². The number of carbonyl (C=O) groups excluding carboxylic acids is 1. The van der Waals surface area contributed by atoms with E-state index >= 15 is 0 Å². The van der Waals surface area contributed by atoms with Crippen molar-refractivity contribution >= 4 is 40.3 Å². The lowest BCUT2D eigenvalue weighted by atomic mass is 10.0. The van der Waals surface area contributed by atoms with Gasteiger partial charge in [0.15, 0.2) is 5.11 Å². The van der Waals surface area contributed by atoms with Crippen molar-refractivity contribution in [2.24, 2.45) is 4.99 Å². The fourth-order valence-electron chi connectivity index (χ4n) is 3.47. The Morgan fingerprint density at radius 3 is 2.45 bits per heavy atom. The summed E-state index contributed by atoms with van der Waals surface area (Å²) in [5.41, 5.74) is 4.04. The minimum atomic E-state index is -0.887. The Labute approximate surface area is 186 Å². The summed E-state index contributed by atoms with van der Waals surface area (Å²) < 4.78 is 5.36. The van der Waals surface area contributed by atoms with Gasteiger partial charge in [-0.2, -0.15) is 0 Å². The van der Waals surface area contributed by atoms with E-state index in [2.05, 4.69) is 10.6 Å². The first-order valence-corrected chi connectivity index (χ1v) is 10.2. The number of rotatable bonds is 4. The van der Waals surface area contributed by atoms with E-state index in [-0.39, 0.29) is 11.0 Å². The minimum Gasteiger partial charge on any atom is -0.495 e. The lowest BCUT2D eigenvalue weighted by Gasteiger charge is -2.22. The van der Waals surface area contributed by atoms with Crippen LogP contribution in [0.1, 0.15) is 11.1 Å². The van der Waals surface area contributed by atoms with Crippen molar-refractivity contribution in [2.75, 3.05) is 24.4 Å². The molecule has 0 fully saturated rings. The molecule has 0 saturated heterocycles. The molecule has 4 rings (SSSR count). The number of nitrogens with one attached hydrogen (secondary N) is 2. The molecule has 1 heterocycles. The maximum absolute atomic E-state index is 13.2. The molecule has 0 bridgehead atoms. The molecule has 1 amide bonds. The predicted molar refractivity (Wildman–Crippen MR) is 128 cm³/mol. The van der Waals surface area contributed by atoms with Crippen LogP contribution in [0.4, 0.5) is 11.4 Å². The number of thiocarbonyl (C=S) groups is 1. The Hall–Kier alpha value is -3.71. The number of amides is 1. The monoisotopic (exact) mass is 430 g/mol. The summed E-state index contributed by atoms with van der Waals surface area (Å²) in [4.78, 5) is 19.6. The fraction of sp³-hybridized carbons (Fsp3) is 0.125. The summed E-state index contributed by atoms with van der Waals surface area (Å²) in [5, 5.41) is 6.43. The minimum absolute atomic E-state index is 0.206. The Morgan fingerprint density at radius 2 is 1.68 bits per heavy atom. The van der Waals surface area contributed by atoms with Gasteiger partial charge in [0.2, 0.25) is 6.17 Å². The molecule has 1 aliphatic rings. The highest BCUT2D eigenvalue weighted by atomic mass is 32.1. The maximum Gasteiger partial charge on any atom is 0.272 e. The van der Waals surface area contributed by atoms with Gasteiger partial charge in [0.05, 0.1) is 24.2 Å². The smallest absolute Gasteiger partial charge is 0.272 e. The van der Waals surface area contributed by atoms with Crippen molar-refractivity contribution in [2.45, 2.75) is 6.17 Å². The molecule has 156 valence electrons. The molecule has 3 aromatic rings. The number of hydrogen-bond donors (Lipinski definition) is 2. The highest BCUT2D eigenvalue weighted by Gasteiger charge is 2.30. The quantitative estimate of drug-likeness (QED) is 0.616. The zero-order chi connectivity index (χ0) is 21.8. The topological polar surface area (TPSA) is 66.0 Å². The number of fused-ring (bicyclic) bond motifs is 1. The first-order chi connectivity index (χ1) is 15.1. The number of para-hydroxylation sites is 3. The molecule has 31 heavy (non-hydrogen) atoms. The van der Waals surface area contributed by atoms with E-state index in [0.29, 0.717) is 11.4 Å². The summed E-state index contributed by atoms with van der Waals surface area (Å²) >= 11 is 5.48. The van der Waals surface area contributed by atoms with Crippen LogP contribution in [0.2, 0.25) is 0 Å². The van der Waals surface area contributed by atoms with Crippen LogP contribution in [0.3, 0.4) is 0 Å². The van der Waals surface area contributed by atoms with Crippen LogP contribution in [0.5, 0.6) is 5.75 Å². The zero-order valence-electron chi connectivity index (χ0n) is 17.2. The molecule has 2 N–H and O–H groups in total. The number of ether oxygens (including phenoxy) is 1. The van der Waals surface area contributed by atoms with Gasteiger partial charge in [-0.15, -0.1) is 0 Å². The van der Waals surface area contributed by atoms with Gasteiger partial charge in [-0.3, -0.25) is 4.79 Å². The number of benzodiazepines with no additional fused rings is 1. The average molecular weight is 431 g/mol. The third-order valence-corrected chi connectivity index (χ3v) is 5.23. The number of carbonyl (C=O) groups is 1. The normalized spacial score (nSPS) is 15.4. The van der Waals surface area contributed by atoms with E-state index in [4.69, 9.17) is 21.9 Å². The summed E-state index contributed by atoms with van der Waals surface area (Å²) in [6, 6.07) is 25.0. The number of likely N-dealkylation sites (N-methyl/N-ethyl adjacent to an activating group) is 1. The standard InChI is InChI=1S/C24H22N4O2S/c1-28-19-14-8-6-12-17(19)21(16-10-4-3-5-11-16)26-22(23(28)29)27-24(31)25-18-13-7-9-15-20(18)30-2/h3-15,22H,1-2H3,(H2,25,27,31). The van der Waals surface area contributed by atoms with Crippen LogP contribution in [-0.2, 0) is 4.79 Å². The van der Waals surface area contributed by atoms with E-state index in [9.17, 15) is 4.79 Å². The highest BCUT2D eigenvalue weighted by molar-refractivity contribution is 7.80. The molecule has 0 saturated carbocycles. The predicted octanol–water partition coefficient (Wildman–Crippen LogP) is 3.82. The van der Waals surface area contributed by atoms with Crippen LogP contribution < -0.4 is 20.3 Å². The molecule has 0 spiro atoms. The average Bonchev–Trinajstić information content (AvgIpc) is 2.91. The van der Waals surface area contributed by atoms with Gasteiger partial charge in [0.25, 0.3) is 5.91 Å². The van der Waals surface area contributed by atoms with E-state index in [1.54, 1.807) is 19.1 Å². The third-order valence-electron chi connectivity index (χ3n) is 5.01. The van der Waals surface area contributed by atoms with Crippen LogP contribution in [0, 0.1) is 0 Å². The molecular formula is C24H22N4O2S. The van der Waals surface area contributed by atoms with E-state index in [1.807, 2.05) is 78.9 Å². The zero-order valence-corrected chi connectivity index (χ0v) is 18.0. The first-order valence-electron chi connectivity index (χ1n) is 9.79. The Balaban J connectivity index is 1.68. The summed E-state index contributed by atoms with van der Waals surface area (Å²) in [6.07, 6.45) is -0.887. The van der Waals surface area contributed by atoms with Gasteiger partial charge in [-0.1, -0.05) is 60.7 Å². The second-order valence-corrected chi connectivity index (χ2v) is 7.37. The lowest BCUT2D eigenvalue weighted by Crippen LogP contribution is -2.47. The molecule has 1 unspecified atom stereocenters. The number of anilines is 2. The molecule has 0 radical (unpaired) electrons. The van der Waals surface area contributed by atoms with Crippen molar-refractivity contribution < 1.29 is 9.53 Å². The second-order valence-electron chi connectivity index (χ2n) is 6.96. The summed E-state index contributed by atoms with van der Waals surface area (Å²) in [5.74, 6) is 0.444. The van der Waals surface area contributed by atoms with E-state index < -0.39 is 6.17 Å². The Bertz CT molecular complexity index is 1150. The second kappa shape index (κ2) is 8.97. The Morgan fingerprint density at radius 1 is 1.00 bits per heavy atom. The van der Waals surface area contributed by atoms with E-state index in [0.717, 1.165) is 22.5 Å². The molecule has 3 aromatic carbocycles. The van der Waals surface area contributed by atoms with Gasteiger partial charge < -0.3 is 20.3 Å².